The van der Waals surface area contributed by atoms with Gasteiger partial charge >= 0.3 is 0 Å². The van der Waals surface area contributed by atoms with E-state index in [1.54, 1.807) is 0 Å². The molecule has 3 rings (SSSR count). The van der Waals surface area contributed by atoms with Crippen LogP contribution in [0.2, 0.25) is 5.02 Å². The maximum absolute atomic E-state index is 9.83. The smallest absolute Gasteiger partial charge is 0.227 e. The van der Waals surface area contributed by atoms with Crippen molar-refractivity contribution >= 4 is 23.4 Å². The average molecular weight is 362 g/mol. The molecule has 0 amide bonds. The van der Waals surface area contributed by atoms with E-state index in [0.29, 0.717) is 17.4 Å². The Morgan fingerprint density at radius 2 is 2.04 bits per heavy atom. The van der Waals surface area contributed by atoms with E-state index in [2.05, 4.69) is 20.6 Å². The van der Waals surface area contributed by atoms with E-state index >= 15 is 0 Å². The fraction of sp³-hybridized carbons (Fsp3) is 0.444. The number of benzene rings is 1. The first-order valence-corrected chi connectivity index (χ1v) is 8.84. The molecule has 2 heterocycles. The van der Waals surface area contributed by atoms with Gasteiger partial charge in [0, 0.05) is 31.2 Å². The molecule has 2 aromatic rings. The van der Waals surface area contributed by atoms with Crippen LogP contribution in [0.1, 0.15) is 16.8 Å². The van der Waals surface area contributed by atoms with Gasteiger partial charge in [-0.05, 0) is 37.1 Å². The molecule has 7 heteroatoms. The van der Waals surface area contributed by atoms with Crippen LogP contribution in [-0.2, 0) is 19.4 Å². The largest absolute Gasteiger partial charge is 0.394 e. The minimum absolute atomic E-state index is 0.0248. The topological polar surface area (TPSA) is 73.3 Å². The Hall–Kier alpha value is -1.89. The van der Waals surface area contributed by atoms with Gasteiger partial charge in [0.1, 0.15) is 5.82 Å². The number of hydrogen-bond acceptors (Lipinski definition) is 6. The molecule has 134 valence electrons. The molecule has 1 aromatic carbocycles. The fourth-order valence-electron chi connectivity index (χ4n) is 2.93. The van der Waals surface area contributed by atoms with Gasteiger partial charge in [-0.2, -0.15) is 4.98 Å². The van der Waals surface area contributed by atoms with E-state index in [4.69, 9.17) is 11.6 Å². The first kappa shape index (κ1) is 17.9. The molecular weight excluding hydrogens is 338 g/mol. The number of aliphatic hydroxyl groups is 1. The monoisotopic (exact) mass is 361 g/mol. The summed E-state index contributed by atoms with van der Waals surface area (Å²) in [7, 11) is 3.86. The van der Waals surface area contributed by atoms with Crippen molar-refractivity contribution in [2.75, 3.05) is 37.5 Å². The standard InChI is InChI=1S/C18H24ClN5O/c1-24(2)18-22-16-10-20-8-7-15(16)17(23-18)21-14(11-25)9-12-3-5-13(19)6-4-12/h3-6,14,20,25H,7-11H2,1-2H3,(H,21,22,23). The summed E-state index contributed by atoms with van der Waals surface area (Å²) in [5.74, 6) is 1.50. The third kappa shape index (κ3) is 4.39. The zero-order chi connectivity index (χ0) is 17.8. The maximum Gasteiger partial charge on any atom is 0.227 e. The molecule has 1 aliphatic rings. The molecule has 0 bridgehead atoms. The highest BCUT2D eigenvalue weighted by Crippen LogP contribution is 2.24. The molecule has 3 N–H and O–H groups in total. The van der Waals surface area contributed by atoms with Gasteiger partial charge in [0.05, 0.1) is 18.3 Å². The van der Waals surface area contributed by atoms with E-state index < -0.39 is 0 Å². The summed E-state index contributed by atoms with van der Waals surface area (Å²) in [5, 5.41) is 17.3. The lowest BCUT2D eigenvalue weighted by atomic mass is 10.0. The number of anilines is 2. The molecule has 0 radical (unpaired) electrons. The van der Waals surface area contributed by atoms with Crippen LogP contribution in [0.4, 0.5) is 11.8 Å². The first-order valence-electron chi connectivity index (χ1n) is 8.46. The predicted octanol–water partition coefficient (Wildman–Crippen LogP) is 1.86. The quantitative estimate of drug-likeness (QED) is 0.729. The summed E-state index contributed by atoms with van der Waals surface area (Å²) in [4.78, 5) is 11.2. The van der Waals surface area contributed by atoms with Crippen LogP contribution in [-0.4, -0.2) is 48.4 Å². The van der Waals surface area contributed by atoms with Crippen molar-refractivity contribution in [1.82, 2.24) is 15.3 Å². The van der Waals surface area contributed by atoms with Crippen LogP contribution in [0.3, 0.4) is 0 Å². The molecule has 0 fully saturated rings. The summed E-state index contributed by atoms with van der Waals surface area (Å²) in [6.45, 7) is 1.68. The summed E-state index contributed by atoms with van der Waals surface area (Å²) in [6, 6.07) is 7.58. The van der Waals surface area contributed by atoms with Crippen molar-refractivity contribution in [1.29, 1.82) is 0 Å². The number of fused-ring (bicyclic) bond motifs is 1. The minimum atomic E-state index is -0.120. The van der Waals surface area contributed by atoms with E-state index in [9.17, 15) is 5.11 Å². The highest BCUT2D eigenvalue weighted by atomic mass is 35.5. The average Bonchev–Trinajstić information content (AvgIpc) is 2.62. The zero-order valence-corrected chi connectivity index (χ0v) is 15.3. The number of hydrogen-bond donors (Lipinski definition) is 3. The molecule has 1 aliphatic heterocycles. The number of rotatable bonds is 6. The Balaban J connectivity index is 1.84. The summed E-state index contributed by atoms with van der Waals surface area (Å²) in [5.41, 5.74) is 3.28. The third-order valence-electron chi connectivity index (χ3n) is 4.28. The van der Waals surface area contributed by atoms with E-state index in [1.807, 2.05) is 43.3 Å². The van der Waals surface area contributed by atoms with Gasteiger partial charge in [0.25, 0.3) is 0 Å². The van der Waals surface area contributed by atoms with Crippen molar-refractivity contribution < 1.29 is 5.11 Å². The zero-order valence-electron chi connectivity index (χ0n) is 14.6. The van der Waals surface area contributed by atoms with E-state index in [0.717, 1.165) is 42.1 Å². The molecule has 0 saturated carbocycles. The SMILES string of the molecule is CN(C)c1nc2c(c(NC(CO)Cc3ccc(Cl)cc3)n1)CCNC2. The molecule has 0 saturated heterocycles. The van der Waals surface area contributed by atoms with Crippen LogP contribution in [0, 0.1) is 0 Å². The molecule has 1 aromatic heterocycles. The molecule has 1 atom stereocenters. The summed E-state index contributed by atoms with van der Waals surface area (Å²) in [6.07, 6.45) is 1.58. The summed E-state index contributed by atoms with van der Waals surface area (Å²) >= 11 is 5.95. The molecule has 1 unspecified atom stereocenters. The van der Waals surface area contributed by atoms with Gasteiger partial charge in [0.15, 0.2) is 0 Å². The predicted molar refractivity (Wildman–Crippen MR) is 101 cm³/mol. The number of aromatic nitrogens is 2. The van der Waals surface area contributed by atoms with Gasteiger partial charge in [0.2, 0.25) is 5.95 Å². The molecule has 0 spiro atoms. The van der Waals surface area contributed by atoms with Gasteiger partial charge in [-0.25, -0.2) is 4.98 Å². The number of halogens is 1. The van der Waals surface area contributed by atoms with Crippen LogP contribution in [0.25, 0.3) is 0 Å². The summed E-state index contributed by atoms with van der Waals surface area (Å²) < 4.78 is 0. The van der Waals surface area contributed by atoms with Crippen LogP contribution in [0.5, 0.6) is 0 Å². The normalized spacial score (nSPS) is 14.7. The lowest BCUT2D eigenvalue weighted by Crippen LogP contribution is -2.32. The highest BCUT2D eigenvalue weighted by Gasteiger charge is 2.20. The number of aliphatic hydroxyl groups excluding tert-OH is 1. The van der Waals surface area contributed by atoms with Crippen LogP contribution >= 0.6 is 11.6 Å². The third-order valence-corrected chi connectivity index (χ3v) is 4.53. The Morgan fingerprint density at radius 3 is 2.72 bits per heavy atom. The van der Waals surface area contributed by atoms with E-state index in [1.165, 1.54) is 0 Å². The lowest BCUT2D eigenvalue weighted by Gasteiger charge is -2.25. The Bertz CT molecular complexity index is 720. The molecule has 0 aliphatic carbocycles. The van der Waals surface area contributed by atoms with Crippen molar-refractivity contribution in [3.8, 4) is 0 Å². The number of nitrogens with zero attached hydrogens (tertiary/aromatic N) is 3. The molecule has 6 nitrogen and oxygen atoms in total. The first-order chi connectivity index (χ1) is 12.1. The second-order valence-corrected chi connectivity index (χ2v) is 6.91. The second kappa shape index (κ2) is 7.99. The van der Waals surface area contributed by atoms with Crippen LogP contribution < -0.4 is 15.5 Å². The highest BCUT2D eigenvalue weighted by molar-refractivity contribution is 6.30. The van der Waals surface area contributed by atoms with Crippen LogP contribution in [0.15, 0.2) is 24.3 Å². The maximum atomic E-state index is 9.83. The van der Waals surface area contributed by atoms with Gasteiger partial charge in [-0.1, -0.05) is 23.7 Å². The second-order valence-electron chi connectivity index (χ2n) is 6.47. The van der Waals surface area contributed by atoms with E-state index in [-0.39, 0.29) is 12.6 Å². The minimum Gasteiger partial charge on any atom is -0.394 e. The van der Waals surface area contributed by atoms with Crippen molar-refractivity contribution in [2.24, 2.45) is 0 Å². The Morgan fingerprint density at radius 1 is 1.28 bits per heavy atom. The fourth-order valence-corrected chi connectivity index (χ4v) is 3.05. The van der Waals surface area contributed by atoms with Crippen molar-refractivity contribution in [3.63, 3.8) is 0 Å². The van der Waals surface area contributed by atoms with Gasteiger partial charge in [-0.3, -0.25) is 0 Å². The number of nitrogens with one attached hydrogen (secondary N) is 2. The molecular formula is C18H24ClN5O. The lowest BCUT2D eigenvalue weighted by molar-refractivity contribution is 0.273. The van der Waals surface area contributed by atoms with Crippen molar-refractivity contribution in [2.45, 2.75) is 25.4 Å². The molecule has 25 heavy (non-hydrogen) atoms. The van der Waals surface area contributed by atoms with Gasteiger partial charge < -0.3 is 20.6 Å². The Labute approximate surface area is 153 Å². The Kier molecular flexibility index (Phi) is 5.73. The van der Waals surface area contributed by atoms with Crippen molar-refractivity contribution in [3.05, 3.63) is 46.1 Å². The van der Waals surface area contributed by atoms with Gasteiger partial charge in [-0.15, -0.1) is 0 Å².